The molecule has 0 unspecified atom stereocenters. The van der Waals surface area contributed by atoms with Crippen LogP contribution >= 0.6 is 11.6 Å². The number of benzene rings is 2. The maximum absolute atomic E-state index is 13.6. The van der Waals surface area contributed by atoms with Gasteiger partial charge in [0.05, 0.1) is 34.6 Å². The van der Waals surface area contributed by atoms with Crippen LogP contribution in [0.2, 0.25) is 5.02 Å². The quantitative estimate of drug-likeness (QED) is 0.606. The van der Waals surface area contributed by atoms with Gasteiger partial charge < -0.3 is 14.7 Å². The minimum Gasteiger partial charge on any atom is -0.476 e. The Morgan fingerprint density at radius 1 is 1.14 bits per heavy atom. The van der Waals surface area contributed by atoms with Gasteiger partial charge in [0, 0.05) is 32.3 Å². The van der Waals surface area contributed by atoms with E-state index in [1.165, 1.54) is 11.1 Å². The summed E-state index contributed by atoms with van der Waals surface area (Å²) >= 11 is 6.21. The first kappa shape index (κ1) is 22.9. The van der Waals surface area contributed by atoms with Crippen molar-refractivity contribution >= 4 is 17.5 Å². The predicted octanol–water partition coefficient (Wildman–Crippen LogP) is 3.72. The van der Waals surface area contributed by atoms with Crippen LogP contribution in [0.15, 0.2) is 66.9 Å². The second kappa shape index (κ2) is 8.09. The zero-order valence-electron chi connectivity index (χ0n) is 19.0. The Kier molecular flexibility index (Phi) is 5.29. The molecule has 35 heavy (non-hydrogen) atoms. The van der Waals surface area contributed by atoms with Crippen molar-refractivity contribution in [1.82, 2.24) is 9.88 Å². The number of pyridine rings is 1. The molecule has 5 atom stereocenters. The molecule has 0 spiro atoms. The van der Waals surface area contributed by atoms with Gasteiger partial charge in [-0.05, 0) is 23.3 Å². The average molecular weight is 485 g/mol. The molecule has 3 aromatic rings. The smallest absolute Gasteiger partial charge is 0.227 e. The van der Waals surface area contributed by atoms with E-state index in [1.807, 2.05) is 30.3 Å². The minimum absolute atomic E-state index is 0.160. The van der Waals surface area contributed by atoms with Gasteiger partial charge in [0.1, 0.15) is 11.4 Å². The second-order valence-electron chi connectivity index (χ2n) is 9.05. The fourth-order valence-corrected chi connectivity index (χ4v) is 5.85. The number of rotatable bonds is 3. The van der Waals surface area contributed by atoms with Gasteiger partial charge in [0.2, 0.25) is 5.91 Å². The zero-order chi connectivity index (χ0) is 25.0. The molecule has 2 aromatic carbocycles. The lowest BCUT2D eigenvalue weighted by Crippen LogP contribution is -2.50. The molecule has 0 saturated heterocycles. The maximum Gasteiger partial charge on any atom is 0.227 e. The standard InChI is InChI=1S/C27H21ClN4O3/c1-32(2)25(33)22-20(14-30)26(34)24-21(12-19(28)15-31-24)35-27(26,18-10-8-16(13-29)9-11-18)23(22)17-6-4-3-5-7-17/h3-12,15,20,22-23,34H,1-2H3/t20-,22-,23+,26+,27-/m0/s1. The number of carbonyl (C=O) groups is 1. The number of nitrogens with zero attached hydrogens (tertiary/aromatic N) is 4. The summed E-state index contributed by atoms with van der Waals surface area (Å²) in [5.41, 5.74) is -1.72. The van der Waals surface area contributed by atoms with Crippen LogP contribution in [-0.4, -0.2) is 35.0 Å². The van der Waals surface area contributed by atoms with Crippen LogP contribution in [0.1, 0.15) is 28.3 Å². The molecule has 1 saturated carbocycles. The molecule has 1 aliphatic carbocycles. The van der Waals surface area contributed by atoms with Gasteiger partial charge in [-0.25, -0.2) is 0 Å². The molecule has 5 rings (SSSR count). The molecule has 2 aliphatic rings. The van der Waals surface area contributed by atoms with Crippen molar-refractivity contribution in [1.29, 1.82) is 10.5 Å². The normalized spacial score (nSPS) is 28.2. The van der Waals surface area contributed by atoms with E-state index >= 15 is 0 Å². The molecule has 7 nitrogen and oxygen atoms in total. The van der Waals surface area contributed by atoms with Gasteiger partial charge in [-0.15, -0.1) is 0 Å². The van der Waals surface area contributed by atoms with E-state index in [0.717, 1.165) is 5.56 Å². The van der Waals surface area contributed by atoms with Crippen molar-refractivity contribution in [3.05, 3.63) is 94.3 Å². The Hall–Kier alpha value is -3.91. The summed E-state index contributed by atoms with van der Waals surface area (Å²) in [4.78, 5) is 19.5. The lowest BCUT2D eigenvalue weighted by Gasteiger charge is -2.40. The predicted molar refractivity (Wildman–Crippen MR) is 127 cm³/mol. The highest BCUT2D eigenvalue weighted by molar-refractivity contribution is 6.30. The van der Waals surface area contributed by atoms with Gasteiger partial charge in [0.15, 0.2) is 11.2 Å². The first-order chi connectivity index (χ1) is 16.8. The summed E-state index contributed by atoms with van der Waals surface area (Å²) in [7, 11) is 3.25. The Morgan fingerprint density at radius 3 is 2.43 bits per heavy atom. The lowest BCUT2D eigenvalue weighted by molar-refractivity contribution is -0.135. The van der Waals surface area contributed by atoms with Crippen molar-refractivity contribution < 1.29 is 14.6 Å². The molecule has 1 fully saturated rings. The summed E-state index contributed by atoms with van der Waals surface area (Å²) in [5, 5.41) is 32.7. The number of amides is 1. The van der Waals surface area contributed by atoms with E-state index < -0.39 is 29.0 Å². The van der Waals surface area contributed by atoms with Crippen LogP contribution in [-0.2, 0) is 16.0 Å². The third kappa shape index (κ3) is 2.99. The largest absolute Gasteiger partial charge is 0.476 e. The molecule has 2 heterocycles. The summed E-state index contributed by atoms with van der Waals surface area (Å²) in [6.45, 7) is 0. The van der Waals surface area contributed by atoms with Gasteiger partial charge >= 0.3 is 0 Å². The van der Waals surface area contributed by atoms with E-state index in [1.54, 1.807) is 44.4 Å². The van der Waals surface area contributed by atoms with Crippen LogP contribution in [0.5, 0.6) is 5.75 Å². The molecule has 0 radical (unpaired) electrons. The van der Waals surface area contributed by atoms with Gasteiger partial charge in [-0.1, -0.05) is 54.1 Å². The summed E-state index contributed by atoms with van der Waals surface area (Å²) in [5.74, 6) is -2.94. The van der Waals surface area contributed by atoms with Crippen molar-refractivity contribution in [2.45, 2.75) is 17.1 Å². The Labute approximate surface area is 207 Å². The first-order valence-electron chi connectivity index (χ1n) is 11.0. The van der Waals surface area contributed by atoms with Crippen molar-refractivity contribution in [3.8, 4) is 17.9 Å². The summed E-state index contributed by atoms with van der Waals surface area (Å²) < 4.78 is 6.62. The number of hydrogen-bond acceptors (Lipinski definition) is 6. The van der Waals surface area contributed by atoms with Gasteiger partial charge in [0.25, 0.3) is 0 Å². The number of carbonyl (C=O) groups excluding carboxylic acids is 1. The number of aliphatic hydroxyl groups is 1. The fraction of sp³-hybridized carbons (Fsp3) is 0.259. The molecule has 174 valence electrons. The van der Waals surface area contributed by atoms with E-state index in [9.17, 15) is 20.4 Å². The molecule has 1 aromatic heterocycles. The number of aromatic nitrogens is 1. The van der Waals surface area contributed by atoms with Crippen LogP contribution in [0.3, 0.4) is 0 Å². The SMILES string of the molecule is CN(C)C(=O)[C@@H]1[C@@H](c2ccccc2)[C@]2(c3ccc(C#N)cc3)Oc3cc(Cl)cnc3[C@]2(O)[C@H]1C#N. The number of fused-ring (bicyclic) bond motifs is 3. The fourth-order valence-electron chi connectivity index (χ4n) is 5.71. The van der Waals surface area contributed by atoms with Gasteiger partial charge in [-0.2, -0.15) is 10.5 Å². The molecule has 1 aliphatic heterocycles. The molecule has 1 amide bonds. The highest BCUT2D eigenvalue weighted by Gasteiger charge is 2.78. The van der Waals surface area contributed by atoms with Crippen LogP contribution in [0, 0.1) is 34.5 Å². The molecule has 1 N–H and O–H groups in total. The maximum atomic E-state index is 13.6. The third-order valence-corrected chi connectivity index (χ3v) is 7.30. The minimum atomic E-state index is -1.98. The first-order valence-corrected chi connectivity index (χ1v) is 11.4. The van der Waals surface area contributed by atoms with E-state index in [-0.39, 0.29) is 17.4 Å². The number of ether oxygens (including phenoxy) is 1. The van der Waals surface area contributed by atoms with Crippen molar-refractivity contribution in [3.63, 3.8) is 0 Å². The Balaban J connectivity index is 1.90. The van der Waals surface area contributed by atoms with Crippen molar-refractivity contribution in [2.75, 3.05) is 14.1 Å². The van der Waals surface area contributed by atoms with Crippen molar-refractivity contribution in [2.24, 2.45) is 11.8 Å². The highest BCUT2D eigenvalue weighted by atomic mass is 35.5. The average Bonchev–Trinajstić information content (AvgIpc) is 3.25. The monoisotopic (exact) mass is 484 g/mol. The summed E-state index contributed by atoms with van der Waals surface area (Å²) in [6.07, 6.45) is 1.39. The molecular weight excluding hydrogens is 464 g/mol. The highest BCUT2D eigenvalue weighted by Crippen LogP contribution is 2.70. The van der Waals surface area contributed by atoms with Crippen LogP contribution in [0.25, 0.3) is 0 Å². The Morgan fingerprint density at radius 2 is 1.83 bits per heavy atom. The van der Waals surface area contributed by atoms with Crippen LogP contribution < -0.4 is 4.74 Å². The molecule has 0 bridgehead atoms. The lowest BCUT2D eigenvalue weighted by atomic mass is 9.71. The molecule has 8 heteroatoms. The van der Waals surface area contributed by atoms with Crippen LogP contribution in [0.4, 0.5) is 0 Å². The number of nitriles is 2. The van der Waals surface area contributed by atoms with E-state index in [4.69, 9.17) is 16.3 Å². The number of halogens is 1. The Bertz CT molecular complexity index is 1400. The zero-order valence-corrected chi connectivity index (χ0v) is 19.8. The third-order valence-electron chi connectivity index (χ3n) is 7.09. The van der Waals surface area contributed by atoms with E-state index in [0.29, 0.717) is 16.1 Å². The van der Waals surface area contributed by atoms with Gasteiger partial charge in [-0.3, -0.25) is 9.78 Å². The number of hydrogen-bond donors (Lipinski definition) is 1. The molecular formula is C27H21ClN4O3. The second-order valence-corrected chi connectivity index (χ2v) is 9.48. The topological polar surface area (TPSA) is 110 Å². The summed E-state index contributed by atoms with van der Waals surface area (Å²) in [6, 6.07) is 21.8. The van der Waals surface area contributed by atoms with E-state index in [2.05, 4.69) is 17.1 Å².